The molecule has 1 aromatic heterocycles. The summed E-state index contributed by atoms with van der Waals surface area (Å²) >= 11 is 0. The zero-order valence-corrected chi connectivity index (χ0v) is 11.3. The Morgan fingerprint density at radius 1 is 1.37 bits per heavy atom. The second-order valence-corrected chi connectivity index (χ2v) is 4.82. The van der Waals surface area contributed by atoms with Crippen molar-refractivity contribution in [1.82, 2.24) is 9.55 Å². The molecule has 3 nitrogen and oxygen atoms in total. The lowest BCUT2D eigenvalue weighted by Crippen LogP contribution is -2.27. The van der Waals surface area contributed by atoms with Crippen LogP contribution in [0.5, 0.6) is 0 Å². The quantitative estimate of drug-likeness (QED) is 0.899. The Kier molecular flexibility index (Phi) is 4.00. The second kappa shape index (κ2) is 5.53. The van der Waals surface area contributed by atoms with E-state index >= 15 is 0 Å². The number of hydrogen-bond donors (Lipinski definition) is 1. The van der Waals surface area contributed by atoms with Crippen molar-refractivity contribution in [1.29, 1.82) is 0 Å². The van der Waals surface area contributed by atoms with E-state index in [-0.39, 0.29) is 5.82 Å². The third kappa shape index (κ3) is 2.84. The molecule has 1 atom stereocenters. The van der Waals surface area contributed by atoms with Gasteiger partial charge in [0.25, 0.3) is 0 Å². The molecule has 0 spiro atoms. The summed E-state index contributed by atoms with van der Waals surface area (Å²) in [5, 5.41) is 10.7. The third-order valence-corrected chi connectivity index (χ3v) is 3.64. The van der Waals surface area contributed by atoms with Crippen molar-refractivity contribution in [3.8, 4) is 0 Å². The van der Waals surface area contributed by atoms with Crippen LogP contribution in [0.15, 0.2) is 36.7 Å². The topological polar surface area (TPSA) is 38.1 Å². The molecule has 19 heavy (non-hydrogen) atoms. The van der Waals surface area contributed by atoms with Crippen LogP contribution in [0, 0.1) is 5.82 Å². The zero-order chi connectivity index (χ0) is 13.9. The molecule has 0 aliphatic rings. The Balaban J connectivity index is 2.19. The maximum absolute atomic E-state index is 13.8. The molecule has 102 valence electrons. The number of aryl methyl sites for hydroxylation is 2. The van der Waals surface area contributed by atoms with Crippen molar-refractivity contribution in [2.45, 2.75) is 31.8 Å². The van der Waals surface area contributed by atoms with Crippen LogP contribution in [-0.4, -0.2) is 14.7 Å². The van der Waals surface area contributed by atoms with E-state index < -0.39 is 5.60 Å². The first-order valence-electron chi connectivity index (χ1n) is 6.50. The summed E-state index contributed by atoms with van der Waals surface area (Å²) in [6, 6.07) is 6.42. The van der Waals surface area contributed by atoms with Gasteiger partial charge in [-0.1, -0.05) is 25.1 Å². The minimum absolute atomic E-state index is 0.355. The first-order valence-corrected chi connectivity index (χ1v) is 6.50. The first-order chi connectivity index (χ1) is 9.07. The summed E-state index contributed by atoms with van der Waals surface area (Å²) < 4.78 is 15.8. The van der Waals surface area contributed by atoms with E-state index in [1.165, 1.54) is 6.07 Å². The van der Waals surface area contributed by atoms with Crippen LogP contribution >= 0.6 is 0 Å². The Morgan fingerprint density at radius 3 is 2.68 bits per heavy atom. The number of halogens is 1. The number of nitrogens with zero attached hydrogens (tertiary/aromatic N) is 2. The monoisotopic (exact) mass is 262 g/mol. The molecular weight excluding hydrogens is 243 g/mol. The van der Waals surface area contributed by atoms with Gasteiger partial charge in [-0.05, 0) is 18.9 Å². The smallest absolute Gasteiger partial charge is 0.129 e. The molecule has 2 rings (SSSR count). The number of imidazole rings is 1. The van der Waals surface area contributed by atoms with Crippen molar-refractivity contribution in [2.75, 3.05) is 0 Å². The maximum Gasteiger partial charge on any atom is 0.129 e. The molecule has 1 unspecified atom stereocenters. The van der Waals surface area contributed by atoms with Crippen molar-refractivity contribution in [3.05, 3.63) is 53.9 Å². The van der Waals surface area contributed by atoms with E-state index in [1.807, 2.05) is 24.7 Å². The highest BCUT2D eigenvalue weighted by Gasteiger charge is 2.30. The average molecular weight is 262 g/mol. The number of rotatable bonds is 5. The molecule has 0 amide bonds. The van der Waals surface area contributed by atoms with Gasteiger partial charge in [0.1, 0.15) is 11.6 Å². The maximum atomic E-state index is 13.8. The van der Waals surface area contributed by atoms with Crippen molar-refractivity contribution >= 4 is 0 Å². The molecule has 1 heterocycles. The van der Waals surface area contributed by atoms with Crippen LogP contribution in [0.3, 0.4) is 0 Å². The molecule has 0 aliphatic heterocycles. The van der Waals surface area contributed by atoms with Gasteiger partial charge in [-0.25, -0.2) is 9.37 Å². The Morgan fingerprint density at radius 2 is 2.11 bits per heavy atom. The number of benzene rings is 1. The number of hydrogen-bond acceptors (Lipinski definition) is 2. The van der Waals surface area contributed by atoms with Crippen molar-refractivity contribution in [2.24, 2.45) is 7.05 Å². The minimum atomic E-state index is -1.14. The van der Waals surface area contributed by atoms with Gasteiger partial charge in [0.2, 0.25) is 0 Å². The van der Waals surface area contributed by atoms with Gasteiger partial charge in [0, 0.05) is 31.4 Å². The van der Waals surface area contributed by atoms with Crippen molar-refractivity contribution < 1.29 is 9.50 Å². The van der Waals surface area contributed by atoms with E-state index in [0.717, 1.165) is 5.82 Å². The van der Waals surface area contributed by atoms with E-state index in [4.69, 9.17) is 0 Å². The molecule has 2 aromatic rings. The molecule has 0 saturated heterocycles. The standard InChI is InChI=1S/C15H19FN2O/c1-3-15(19,12-6-4-5-7-13(12)16)9-8-14-17-10-11-18(14)2/h4-7,10-11,19H,3,8-9H2,1-2H3. The molecular formula is C15H19FN2O. The predicted octanol–water partition coefficient (Wildman–Crippen LogP) is 2.79. The highest BCUT2D eigenvalue weighted by Crippen LogP contribution is 2.31. The average Bonchev–Trinajstić information content (AvgIpc) is 2.82. The summed E-state index contributed by atoms with van der Waals surface area (Å²) in [4.78, 5) is 4.23. The Hall–Kier alpha value is -1.68. The third-order valence-electron chi connectivity index (χ3n) is 3.64. The van der Waals surface area contributed by atoms with Crippen LogP contribution in [0.1, 0.15) is 31.2 Å². The van der Waals surface area contributed by atoms with Gasteiger partial charge < -0.3 is 9.67 Å². The number of aliphatic hydroxyl groups is 1. The summed E-state index contributed by atoms with van der Waals surface area (Å²) in [6.07, 6.45) is 5.13. The Labute approximate surface area is 112 Å². The molecule has 0 bridgehead atoms. The molecule has 0 saturated carbocycles. The minimum Gasteiger partial charge on any atom is -0.385 e. The highest BCUT2D eigenvalue weighted by molar-refractivity contribution is 5.24. The van der Waals surface area contributed by atoms with Gasteiger partial charge in [-0.3, -0.25) is 0 Å². The predicted molar refractivity (Wildman–Crippen MR) is 72.1 cm³/mol. The second-order valence-electron chi connectivity index (χ2n) is 4.82. The molecule has 1 aromatic carbocycles. The van der Waals surface area contributed by atoms with E-state index in [1.54, 1.807) is 24.4 Å². The van der Waals surface area contributed by atoms with Gasteiger partial charge in [-0.2, -0.15) is 0 Å². The lowest BCUT2D eigenvalue weighted by Gasteiger charge is -2.27. The van der Waals surface area contributed by atoms with E-state index in [2.05, 4.69) is 4.98 Å². The lowest BCUT2D eigenvalue weighted by atomic mass is 9.86. The fourth-order valence-electron chi connectivity index (χ4n) is 2.30. The van der Waals surface area contributed by atoms with Crippen LogP contribution < -0.4 is 0 Å². The van der Waals surface area contributed by atoms with Crippen molar-refractivity contribution in [3.63, 3.8) is 0 Å². The molecule has 0 fully saturated rings. The zero-order valence-electron chi connectivity index (χ0n) is 11.3. The van der Waals surface area contributed by atoms with Gasteiger partial charge in [0.05, 0.1) is 5.60 Å². The van der Waals surface area contributed by atoms with Gasteiger partial charge in [-0.15, -0.1) is 0 Å². The fraction of sp³-hybridized carbons (Fsp3) is 0.400. The molecule has 0 aliphatic carbocycles. The van der Waals surface area contributed by atoms with Crippen LogP contribution in [0.25, 0.3) is 0 Å². The number of aromatic nitrogens is 2. The van der Waals surface area contributed by atoms with Crippen LogP contribution in [0.2, 0.25) is 0 Å². The van der Waals surface area contributed by atoms with Crippen LogP contribution in [-0.2, 0) is 19.1 Å². The van der Waals surface area contributed by atoms with E-state index in [9.17, 15) is 9.50 Å². The SMILES string of the molecule is CCC(O)(CCc1nccn1C)c1ccccc1F. The highest BCUT2D eigenvalue weighted by atomic mass is 19.1. The fourth-order valence-corrected chi connectivity index (χ4v) is 2.30. The molecule has 4 heteroatoms. The van der Waals surface area contributed by atoms with Gasteiger partial charge >= 0.3 is 0 Å². The summed E-state index contributed by atoms with van der Waals surface area (Å²) in [5.41, 5.74) is -0.774. The summed E-state index contributed by atoms with van der Waals surface area (Å²) in [7, 11) is 1.91. The normalized spacial score (nSPS) is 14.3. The lowest BCUT2D eigenvalue weighted by molar-refractivity contribution is 0.0195. The summed E-state index contributed by atoms with van der Waals surface area (Å²) in [5.74, 6) is 0.537. The van der Waals surface area contributed by atoms with Gasteiger partial charge in [0.15, 0.2) is 0 Å². The molecule has 1 N–H and O–H groups in total. The summed E-state index contributed by atoms with van der Waals surface area (Å²) in [6.45, 7) is 1.87. The first kappa shape index (κ1) is 13.7. The molecule has 0 radical (unpaired) electrons. The van der Waals surface area contributed by atoms with E-state index in [0.29, 0.717) is 24.8 Å². The van der Waals surface area contributed by atoms with Crippen LogP contribution in [0.4, 0.5) is 4.39 Å². The largest absolute Gasteiger partial charge is 0.385 e. The Bertz CT molecular complexity index is 553.